The minimum Gasteiger partial charge on any atom is -0.553 e. The van der Waals surface area contributed by atoms with Crippen molar-refractivity contribution in [1.29, 1.82) is 0 Å². The molecule has 622 valence electrons. The van der Waals surface area contributed by atoms with Crippen LogP contribution in [0.1, 0.15) is 170 Å². The number of carbonyl (C=O) groups is 11. The third-order valence-corrected chi connectivity index (χ3v) is 15.8. The van der Waals surface area contributed by atoms with Gasteiger partial charge in [-0.15, -0.1) is 0 Å². The smallest absolute Gasteiger partial charge is 0.553 e. The van der Waals surface area contributed by atoms with Crippen LogP contribution in [0.5, 0.6) is 0 Å². The number of rotatable bonds is 20. The van der Waals surface area contributed by atoms with Crippen LogP contribution in [-0.4, -0.2) is 192 Å². The molecule has 4 N–H and O–H groups in total. The van der Waals surface area contributed by atoms with Crippen LogP contribution in [0.3, 0.4) is 0 Å². The van der Waals surface area contributed by atoms with E-state index in [9.17, 15) is 57.3 Å². The van der Waals surface area contributed by atoms with Gasteiger partial charge in [0, 0.05) is 121 Å². The topological polar surface area (TPSA) is 494 Å². The molecule has 0 fully saturated rings. The quantitative estimate of drug-likeness (QED) is 0.00739. The number of ether oxygens (including phenoxy) is 4. The normalized spacial score (nSPS) is 12.4. The van der Waals surface area contributed by atoms with Crippen molar-refractivity contribution >= 4 is 115 Å². The molecule has 38 heteroatoms. The Bertz CT molecular complexity index is 4160. The van der Waals surface area contributed by atoms with Crippen LogP contribution in [0, 0.1) is 10.8 Å². The van der Waals surface area contributed by atoms with Crippen molar-refractivity contribution in [3.8, 4) is 0 Å². The molecule has 8 rings (SSSR count). The number of carboxylic acids is 1. The van der Waals surface area contributed by atoms with Crippen LogP contribution >= 0.6 is 19.2 Å². The van der Waals surface area contributed by atoms with Crippen molar-refractivity contribution in [2.75, 3.05) is 46.1 Å². The summed E-state index contributed by atoms with van der Waals surface area (Å²) >= 11 is 5.11. The average molecular weight is 1660 g/mol. The van der Waals surface area contributed by atoms with Crippen molar-refractivity contribution in [3.05, 3.63) is 204 Å². The second-order valence-corrected chi connectivity index (χ2v) is 27.1. The molecule has 1 atom stereocenters. The maximum atomic E-state index is 12.1. The van der Waals surface area contributed by atoms with Gasteiger partial charge in [0.25, 0.3) is 11.8 Å². The zero-order chi connectivity index (χ0) is 87.4. The van der Waals surface area contributed by atoms with Crippen LogP contribution < -0.4 is 34.9 Å². The van der Waals surface area contributed by atoms with Gasteiger partial charge in [-0.3, -0.25) is 43.0 Å². The Labute approximate surface area is 702 Å². The molecule has 6 aromatic heterocycles. The summed E-state index contributed by atoms with van der Waals surface area (Å²) < 4.78 is 41.3. The number of aromatic nitrogens is 12. The van der Waals surface area contributed by atoms with Gasteiger partial charge in [-0.1, -0.05) is 32.9 Å². The molecule has 2 aliphatic heterocycles. The monoisotopic (exact) mass is 1660 g/mol. The zero-order valence-corrected chi connectivity index (χ0v) is 72.1. The van der Waals surface area contributed by atoms with E-state index in [1.165, 1.54) is 49.4 Å². The van der Waals surface area contributed by atoms with E-state index in [0.717, 1.165) is 13.0 Å². The Morgan fingerprint density at radius 1 is 0.509 bits per heavy atom. The second kappa shape index (κ2) is 63.3. The van der Waals surface area contributed by atoms with Gasteiger partial charge >= 0.3 is 73.0 Å². The standard InChI is InChI=1S/C13H13N3O2.C13H16N2O3.2C10H12N2O2.C9H19O5P.C8H8N2O2.C5H9ClO.C5H4N2O.C5H7NO.H2NO.Na/c1-10(9-11-14-6-4-7-15-11)13(18)16-8-3-2-5-12(16)17;1-9(8-10-14-6-5-7-15-10)11(16)18-12(17)13(2,3)4;2*1-3-14-10(13)8(2)7-9-11-5-4-6-12-9;1-5-12-9(10)8(4)15(11,13-6-2)14-7-3;1-6(8(11)12)5-7-9-3-2-4-10-7;1-5(2,3)4(6)7;8-4-5-6-2-1-3-7-5;7-5-3-1-2-4-6-5;1-2;/h2,4-7,9H,3,8H2,1H3;5-8H,1-4H3;2*4-7H,3H2,1-2H3;8H,5-7H2,1-4H3;2-5H,1H3,(H,11,12);1-3H3;1-4H;1,3H,2,4H2,(H,6,7);1-2H;/q;;;;;;;;;-1;+1/b10-9-;9-8-;8-7+;8-7-;;6-5-;;;;;. The Hall–Kier alpha value is -11.0. The number of aldehydes is 1. The summed E-state index contributed by atoms with van der Waals surface area (Å²) in [6, 6.07) is 10.1. The minimum atomic E-state index is -3.37. The van der Waals surface area contributed by atoms with E-state index in [1.54, 1.807) is 233 Å². The third-order valence-electron chi connectivity index (χ3n) is 12.8. The Kier molecular flexibility index (Phi) is 59.6. The van der Waals surface area contributed by atoms with Gasteiger partial charge in [0.2, 0.25) is 11.1 Å². The van der Waals surface area contributed by atoms with Crippen LogP contribution in [-0.2, 0) is 80.5 Å². The van der Waals surface area contributed by atoms with Gasteiger partial charge in [0.05, 0.1) is 38.4 Å². The summed E-state index contributed by atoms with van der Waals surface area (Å²) in [5.74, 6) is 3.33. The van der Waals surface area contributed by atoms with E-state index in [-0.39, 0.29) is 107 Å². The molecule has 35 nitrogen and oxygen atoms in total. The van der Waals surface area contributed by atoms with E-state index in [1.807, 2.05) is 6.08 Å². The average Bonchev–Trinajstić information content (AvgIpc) is 0.850. The van der Waals surface area contributed by atoms with Gasteiger partial charge < -0.3 is 49.5 Å². The molecule has 8 heterocycles. The molecule has 0 bridgehead atoms. The first-order valence-electron chi connectivity index (χ1n) is 35.2. The number of imide groups is 1. The molecule has 0 aromatic carbocycles. The number of carbonyl (C=O) groups excluding carboxylic acids is 10. The summed E-state index contributed by atoms with van der Waals surface area (Å²) in [5, 5.41) is 17.1. The summed E-state index contributed by atoms with van der Waals surface area (Å²) in [4.78, 5) is 169. The van der Waals surface area contributed by atoms with E-state index in [4.69, 9.17) is 55.8 Å². The second-order valence-electron chi connectivity index (χ2n) is 24.4. The number of nitrogens with zero attached hydrogens (tertiary/aromatic N) is 13. The number of hydrogen-bond donors (Lipinski definition) is 3. The fourth-order valence-electron chi connectivity index (χ4n) is 6.92. The van der Waals surface area contributed by atoms with Gasteiger partial charge in [-0.2, -0.15) is 0 Å². The molecular weight excluding hydrogens is 1560 g/mol. The predicted molar refractivity (Wildman–Crippen MR) is 428 cm³/mol. The number of carboxylic acid groups (broad SMARTS) is 1. The van der Waals surface area contributed by atoms with Gasteiger partial charge in [0.15, 0.2) is 46.9 Å². The van der Waals surface area contributed by atoms with Gasteiger partial charge in [0.1, 0.15) is 0 Å². The zero-order valence-electron chi connectivity index (χ0n) is 68.5. The molecule has 6 aromatic rings. The Balaban J connectivity index is -0.00000125. The summed E-state index contributed by atoms with van der Waals surface area (Å²) in [7, 11) is -3.37. The number of halogens is 1. The fourth-order valence-corrected chi connectivity index (χ4v) is 8.49. The van der Waals surface area contributed by atoms with Gasteiger partial charge in [-0.05, 0) is 200 Å². The Morgan fingerprint density at radius 3 is 1.09 bits per heavy atom. The number of nitrogens with one attached hydrogen (secondary N) is 2. The SMILES string of the molecule is C/C(=C/c1ncccn1)C(=O)N1CCC=CC1=O.C/C(=C/c1ncccn1)C(=O)O.C/C(=C/c1ncccn1)C(=O)OC(=O)C(C)(C)C.CC(C)(C)C(=O)Cl.CCOC(=O)/C(C)=C/c1ncccn1.CCOC(=O)/C(C)=C\c1ncccn1.CCOC(=O)C(C)P(=O)(OCC)OCC.O=C1C=CCCN1.O=Cc1ncccn1.[NH-]O.[Na+]. The number of amides is 3. The van der Waals surface area contributed by atoms with Crippen LogP contribution in [0.25, 0.3) is 36.3 Å². The molecule has 116 heavy (non-hydrogen) atoms. The van der Waals surface area contributed by atoms with E-state index < -0.39 is 42.5 Å². The first-order chi connectivity index (χ1) is 54.4. The molecule has 3 amide bonds. The first-order valence-corrected chi connectivity index (χ1v) is 37.2. The molecule has 0 saturated carbocycles. The molecule has 0 radical (unpaired) electrons. The first kappa shape index (κ1) is 109. The van der Waals surface area contributed by atoms with E-state index in [2.05, 4.69) is 65.1 Å². The number of hydrogen-bond acceptors (Lipinski definition) is 31. The van der Waals surface area contributed by atoms with Crippen molar-refractivity contribution in [1.82, 2.24) is 70.0 Å². The van der Waals surface area contributed by atoms with Gasteiger partial charge in [-0.25, -0.2) is 79.0 Å². The van der Waals surface area contributed by atoms with Crippen LogP contribution in [0.15, 0.2) is 163 Å². The van der Waals surface area contributed by atoms with Crippen molar-refractivity contribution in [2.45, 2.75) is 136 Å². The molecule has 2 aliphatic rings. The third kappa shape index (κ3) is 51.0. The molecule has 0 spiro atoms. The molecular formula is C78H102ClN15NaO20P. The van der Waals surface area contributed by atoms with Crippen molar-refractivity contribution in [3.63, 3.8) is 0 Å². The predicted octanol–water partition coefficient (Wildman–Crippen LogP) is 8.83. The minimum absolute atomic E-state index is 0. The largest absolute Gasteiger partial charge is 1.00 e. The van der Waals surface area contributed by atoms with Crippen LogP contribution in [0.4, 0.5) is 0 Å². The Morgan fingerprint density at radius 2 is 0.828 bits per heavy atom. The molecule has 0 saturated heterocycles. The summed E-state index contributed by atoms with van der Waals surface area (Å²) in [6.45, 7) is 31.3. The van der Waals surface area contributed by atoms with Crippen molar-refractivity contribution in [2.24, 2.45) is 10.8 Å². The number of esters is 5. The maximum Gasteiger partial charge on any atom is 1.00 e. The van der Waals surface area contributed by atoms with Crippen molar-refractivity contribution < 1.29 is 125 Å². The van der Waals surface area contributed by atoms with E-state index >= 15 is 0 Å². The summed E-state index contributed by atoms with van der Waals surface area (Å²) in [5.41, 5.74) is -0.0147. The number of aliphatic carboxylic acids is 1. The van der Waals surface area contributed by atoms with E-state index in [0.29, 0.717) is 78.3 Å². The summed E-state index contributed by atoms with van der Waals surface area (Å²) in [6.07, 6.45) is 35.6. The maximum absolute atomic E-state index is 12.1. The molecule has 0 aliphatic carbocycles. The fraction of sp³-hybridized carbons (Fsp3) is 0.372. The molecule has 1 unspecified atom stereocenters. The van der Waals surface area contributed by atoms with Crippen LogP contribution in [0.2, 0.25) is 0 Å².